The molecule has 1 aromatic rings. The Bertz CT molecular complexity index is 533. The van der Waals surface area contributed by atoms with E-state index in [1.54, 1.807) is 20.8 Å². The van der Waals surface area contributed by atoms with Gasteiger partial charge in [0.25, 0.3) is 0 Å². The lowest BCUT2D eigenvalue weighted by molar-refractivity contribution is -0.114. The summed E-state index contributed by atoms with van der Waals surface area (Å²) in [6.07, 6.45) is 0. The topological polar surface area (TPSA) is 90.6 Å². The second-order valence-corrected chi connectivity index (χ2v) is 5.32. The van der Waals surface area contributed by atoms with E-state index < -0.39 is 11.6 Å². The minimum atomic E-state index is -0.618. The molecule has 0 aliphatic heterocycles. The summed E-state index contributed by atoms with van der Waals surface area (Å²) < 4.78 is 10.4. The van der Waals surface area contributed by atoms with Crippen molar-refractivity contribution in [3.63, 3.8) is 0 Å². The summed E-state index contributed by atoms with van der Waals surface area (Å²) in [5, 5.41) is 2.57. The summed E-state index contributed by atoms with van der Waals surface area (Å²) >= 11 is 0. The van der Waals surface area contributed by atoms with Crippen molar-refractivity contribution in [2.45, 2.75) is 33.3 Å². The van der Waals surface area contributed by atoms with Crippen LogP contribution in [-0.4, -0.2) is 24.6 Å². The zero-order chi connectivity index (χ0) is 15.5. The lowest BCUT2D eigenvalue weighted by Gasteiger charge is -2.21. The third-order valence-corrected chi connectivity index (χ3v) is 2.30. The van der Waals surface area contributed by atoms with Crippen LogP contribution >= 0.6 is 0 Å². The molecule has 0 aliphatic carbocycles. The maximum atomic E-state index is 12.1. The molecule has 0 bridgehead atoms. The van der Waals surface area contributed by atoms with E-state index >= 15 is 0 Å². The molecule has 0 unspecified atom stereocenters. The molecule has 3 N–H and O–H groups in total. The van der Waals surface area contributed by atoms with Crippen molar-refractivity contribution >= 4 is 23.3 Å². The quantitative estimate of drug-likeness (QED) is 0.654. The maximum absolute atomic E-state index is 12.1. The largest absolute Gasteiger partial charge is 0.496 e. The average molecular weight is 280 g/mol. The number of methoxy groups -OCH3 is 1. The van der Waals surface area contributed by atoms with E-state index in [4.69, 9.17) is 15.2 Å². The van der Waals surface area contributed by atoms with Gasteiger partial charge in [0.2, 0.25) is 5.91 Å². The van der Waals surface area contributed by atoms with Crippen LogP contribution in [0.3, 0.4) is 0 Å². The van der Waals surface area contributed by atoms with Crippen LogP contribution in [0.2, 0.25) is 0 Å². The predicted molar refractivity (Wildman–Crippen MR) is 76.9 cm³/mol. The number of nitrogens with two attached hydrogens (primary N) is 1. The lowest BCUT2D eigenvalue weighted by Crippen LogP contribution is -2.24. The fourth-order valence-corrected chi connectivity index (χ4v) is 1.56. The van der Waals surface area contributed by atoms with Crippen LogP contribution in [0.1, 0.15) is 38.1 Å². The van der Waals surface area contributed by atoms with Crippen LogP contribution in [0, 0.1) is 0 Å². The van der Waals surface area contributed by atoms with Crippen LogP contribution in [-0.2, 0) is 9.53 Å². The molecule has 20 heavy (non-hydrogen) atoms. The second kappa shape index (κ2) is 5.81. The summed E-state index contributed by atoms with van der Waals surface area (Å²) in [7, 11) is 1.43. The Morgan fingerprint density at radius 1 is 1.25 bits per heavy atom. The summed E-state index contributed by atoms with van der Waals surface area (Å²) in [6.45, 7) is 6.68. The standard InChI is InChI=1S/C14H20N2O4/c1-8(17)16-11-7-12(19-5)9(6-10(11)15)13(18)20-14(2,3)4/h6-7H,15H2,1-5H3,(H,16,17). The number of amides is 1. The van der Waals surface area contributed by atoms with Gasteiger partial charge in [-0.25, -0.2) is 4.79 Å². The van der Waals surface area contributed by atoms with Crippen molar-refractivity contribution in [2.75, 3.05) is 18.2 Å². The highest BCUT2D eigenvalue weighted by Gasteiger charge is 2.22. The minimum Gasteiger partial charge on any atom is -0.496 e. The van der Waals surface area contributed by atoms with Crippen LogP contribution in [0.15, 0.2) is 12.1 Å². The number of carbonyl (C=O) groups is 2. The molecular weight excluding hydrogens is 260 g/mol. The number of ether oxygens (including phenoxy) is 2. The summed E-state index contributed by atoms with van der Waals surface area (Å²) in [6, 6.07) is 2.92. The normalized spacial score (nSPS) is 10.8. The molecule has 0 saturated carbocycles. The SMILES string of the molecule is COc1cc(NC(C)=O)c(N)cc1C(=O)OC(C)(C)C. The minimum absolute atomic E-state index is 0.217. The van der Waals surface area contributed by atoms with E-state index in [1.165, 1.54) is 26.2 Å². The van der Waals surface area contributed by atoms with E-state index in [0.717, 1.165) is 0 Å². The van der Waals surface area contributed by atoms with Gasteiger partial charge in [0.1, 0.15) is 16.9 Å². The number of benzene rings is 1. The van der Waals surface area contributed by atoms with Gasteiger partial charge in [0.15, 0.2) is 0 Å². The van der Waals surface area contributed by atoms with Crippen LogP contribution < -0.4 is 15.8 Å². The second-order valence-electron chi connectivity index (χ2n) is 5.32. The highest BCUT2D eigenvalue weighted by molar-refractivity contribution is 5.98. The van der Waals surface area contributed by atoms with Gasteiger partial charge < -0.3 is 20.5 Å². The van der Waals surface area contributed by atoms with Gasteiger partial charge in [-0.2, -0.15) is 0 Å². The number of nitrogen functional groups attached to an aromatic ring is 1. The van der Waals surface area contributed by atoms with Gasteiger partial charge in [0.05, 0.1) is 18.5 Å². The fourth-order valence-electron chi connectivity index (χ4n) is 1.56. The molecule has 6 heteroatoms. The number of hydrogen-bond donors (Lipinski definition) is 2. The number of anilines is 2. The predicted octanol–water partition coefficient (Wildman–Crippen LogP) is 2.19. The number of hydrogen-bond acceptors (Lipinski definition) is 5. The highest BCUT2D eigenvalue weighted by atomic mass is 16.6. The Hall–Kier alpha value is -2.24. The molecule has 0 atom stereocenters. The molecule has 0 radical (unpaired) electrons. The maximum Gasteiger partial charge on any atom is 0.342 e. The van der Waals surface area contributed by atoms with E-state index in [2.05, 4.69) is 5.32 Å². The number of rotatable bonds is 3. The third-order valence-electron chi connectivity index (χ3n) is 2.30. The Kier molecular flexibility index (Phi) is 4.60. The van der Waals surface area contributed by atoms with E-state index in [-0.39, 0.29) is 22.9 Å². The van der Waals surface area contributed by atoms with E-state index in [0.29, 0.717) is 5.69 Å². The van der Waals surface area contributed by atoms with E-state index in [1.807, 2.05) is 0 Å². The molecule has 0 heterocycles. The van der Waals surface area contributed by atoms with Crippen molar-refractivity contribution < 1.29 is 19.1 Å². The molecule has 1 rings (SSSR count). The zero-order valence-electron chi connectivity index (χ0n) is 12.4. The van der Waals surface area contributed by atoms with E-state index in [9.17, 15) is 9.59 Å². The van der Waals surface area contributed by atoms with Gasteiger partial charge >= 0.3 is 5.97 Å². The Morgan fingerprint density at radius 3 is 2.30 bits per heavy atom. The van der Waals surface area contributed by atoms with Gasteiger partial charge in [-0.3, -0.25) is 4.79 Å². The first-order valence-electron chi connectivity index (χ1n) is 6.12. The van der Waals surface area contributed by atoms with Crippen LogP contribution in [0.25, 0.3) is 0 Å². The van der Waals surface area contributed by atoms with Crippen LogP contribution in [0.4, 0.5) is 11.4 Å². The molecule has 6 nitrogen and oxygen atoms in total. The summed E-state index contributed by atoms with van der Waals surface area (Å²) in [5.74, 6) is -0.503. The van der Waals surface area contributed by atoms with Crippen molar-refractivity contribution in [2.24, 2.45) is 0 Å². The fraction of sp³-hybridized carbons (Fsp3) is 0.429. The van der Waals surface area contributed by atoms with Gasteiger partial charge in [0, 0.05) is 13.0 Å². The first-order chi connectivity index (χ1) is 9.14. The van der Waals surface area contributed by atoms with Crippen molar-refractivity contribution in [3.05, 3.63) is 17.7 Å². The molecule has 0 aliphatic rings. The zero-order valence-corrected chi connectivity index (χ0v) is 12.4. The first kappa shape index (κ1) is 15.8. The Labute approximate surface area is 118 Å². The summed E-state index contributed by atoms with van der Waals surface area (Å²) in [5.41, 5.74) is 6.07. The highest BCUT2D eigenvalue weighted by Crippen LogP contribution is 2.30. The Balaban J connectivity index is 3.18. The Morgan fingerprint density at radius 2 is 1.85 bits per heavy atom. The van der Waals surface area contributed by atoms with Gasteiger partial charge in [-0.05, 0) is 26.8 Å². The molecule has 0 spiro atoms. The molecule has 1 aromatic carbocycles. The molecule has 1 amide bonds. The number of carbonyl (C=O) groups excluding carboxylic acids is 2. The monoisotopic (exact) mass is 280 g/mol. The van der Waals surface area contributed by atoms with Crippen molar-refractivity contribution in [3.8, 4) is 5.75 Å². The average Bonchev–Trinajstić information content (AvgIpc) is 2.28. The number of nitrogens with one attached hydrogen (secondary N) is 1. The number of esters is 1. The van der Waals surface area contributed by atoms with Gasteiger partial charge in [-0.1, -0.05) is 0 Å². The molecule has 0 aromatic heterocycles. The molecule has 110 valence electrons. The summed E-state index contributed by atoms with van der Waals surface area (Å²) in [4.78, 5) is 23.2. The molecule has 0 saturated heterocycles. The van der Waals surface area contributed by atoms with Crippen LogP contribution in [0.5, 0.6) is 5.75 Å². The molecule has 0 fully saturated rings. The molecular formula is C14H20N2O4. The van der Waals surface area contributed by atoms with Crippen molar-refractivity contribution in [1.29, 1.82) is 0 Å². The third kappa shape index (κ3) is 4.15. The lowest BCUT2D eigenvalue weighted by atomic mass is 10.1. The van der Waals surface area contributed by atoms with Gasteiger partial charge in [-0.15, -0.1) is 0 Å². The van der Waals surface area contributed by atoms with Crippen molar-refractivity contribution in [1.82, 2.24) is 0 Å². The smallest absolute Gasteiger partial charge is 0.342 e. The first-order valence-corrected chi connectivity index (χ1v) is 6.12.